The van der Waals surface area contributed by atoms with E-state index in [9.17, 15) is 9.59 Å². The smallest absolute Gasteiger partial charge is 0.307 e. The second-order valence-corrected chi connectivity index (χ2v) is 7.62. The van der Waals surface area contributed by atoms with Crippen molar-refractivity contribution in [3.63, 3.8) is 0 Å². The predicted octanol–water partition coefficient (Wildman–Crippen LogP) is 2.38. The van der Waals surface area contributed by atoms with E-state index in [0.29, 0.717) is 24.7 Å². The van der Waals surface area contributed by atoms with Crippen LogP contribution >= 0.6 is 15.9 Å². The highest BCUT2D eigenvalue weighted by Crippen LogP contribution is 2.59. The molecule has 3 aliphatic rings. The molecule has 1 saturated heterocycles. The van der Waals surface area contributed by atoms with Crippen LogP contribution in [0.2, 0.25) is 0 Å². The predicted molar refractivity (Wildman–Crippen MR) is 81.6 cm³/mol. The summed E-state index contributed by atoms with van der Waals surface area (Å²) < 4.78 is 0.801. The molecule has 2 saturated carbocycles. The van der Waals surface area contributed by atoms with Gasteiger partial charge < -0.3 is 10.0 Å². The molecule has 22 heavy (non-hydrogen) atoms. The van der Waals surface area contributed by atoms with Gasteiger partial charge in [-0.2, -0.15) is 5.10 Å². The van der Waals surface area contributed by atoms with E-state index in [1.165, 1.54) is 0 Å². The largest absolute Gasteiger partial charge is 0.481 e. The fourth-order valence-corrected chi connectivity index (χ4v) is 4.35. The van der Waals surface area contributed by atoms with Crippen LogP contribution in [0, 0.1) is 11.3 Å². The molecule has 118 valence electrons. The zero-order chi connectivity index (χ0) is 15.5. The third-order valence-electron chi connectivity index (χ3n) is 5.45. The number of halogens is 1. The monoisotopic (exact) mass is 367 g/mol. The third kappa shape index (κ3) is 2.17. The second-order valence-electron chi connectivity index (χ2n) is 6.82. The normalized spacial score (nSPS) is 26.2. The first kappa shape index (κ1) is 14.2. The number of amides is 1. The van der Waals surface area contributed by atoms with Gasteiger partial charge in [0.15, 0.2) is 5.69 Å². The topological polar surface area (TPSA) is 86.3 Å². The van der Waals surface area contributed by atoms with Crippen LogP contribution in [0.15, 0.2) is 4.47 Å². The van der Waals surface area contributed by atoms with Gasteiger partial charge in [0.05, 0.1) is 16.1 Å². The van der Waals surface area contributed by atoms with Crippen molar-refractivity contribution in [3.8, 4) is 0 Å². The first-order valence-electron chi connectivity index (χ1n) is 7.78. The van der Waals surface area contributed by atoms with Crippen molar-refractivity contribution in [3.05, 3.63) is 15.9 Å². The number of piperidine rings is 1. The summed E-state index contributed by atoms with van der Waals surface area (Å²) in [6.45, 7) is 1.25. The van der Waals surface area contributed by atoms with Crippen LogP contribution in [0.4, 0.5) is 0 Å². The maximum atomic E-state index is 12.6. The second kappa shape index (κ2) is 4.81. The van der Waals surface area contributed by atoms with Crippen LogP contribution in [0.5, 0.6) is 0 Å². The summed E-state index contributed by atoms with van der Waals surface area (Å²) in [7, 11) is 0. The van der Waals surface area contributed by atoms with Crippen molar-refractivity contribution in [2.45, 2.75) is 38.0 Å². The van der Waals surface area contributed by atoms with E-state index in [1.807, 2.05) is 0 Å². The number of carboxylic acid groups (broad SMARTS) is 1. The molecule has 4 rings (SSSR count). The van der Waals surface area contributed by atoms with Gasteiger partial charge in [0.2, 0.25) is 0 Å². The molecular weight excluding hydrogens is 350 g/mol. The average Bonchev–Trinajstić information content (AvgIpc) is 3.40. The van der Waals surface area contributed by atoms with Gasteiger partial charge in [0.1, 0.15) is 0 Å². The van der Waals surface area contributed by atoms with Gasteiger partial charge in [-0.1, -0.05) is 0 Å². The number of nitrogens with zero attached hydrogens (tertiary/aromatic N) is 2. The number of nitrogens with one attached hydrogen (secondary N) is 1. The zero-order valence-corrected chi connectivity index (χ0v) is 13.7. The molecule has 1 unspecified atom stereocenters. The molecule has 1 aromatic rings. The van der Waals surface area contributed by atoms with Gasteiger partial charge in [-0.25, -0.2) is 0 Å². The quantitative estimate of drug-likeness (QED) is 0.858. The Morgan fingerprint density at radius 3 is 2.55 bits per heavy atom. The van der Waals surface area contributed by atoms with Gasteiger partial charge >= 0.3 is 5.97 Å². The lowest BCUT2D eigenvalue weighted by Crippen LogP contribution is -2.40. The van der Waals surface area contributed by atoms with Gasteiger partial charge in [-0.15, -0.1) is 0 Å². The lowest BCUT2D eigenvalue weighted by atomic mass is 9.90. The molecule has 0 bridgehead atoms. The number of hydrogen-bond donors (Lipinski definition) is 2. The highest BCUT2D eigenvalue weighted by molar-refractivity contribution is 9.10. The van der Waals surface area contributed by atoms with E-state index in [0.717, 1.165) is 42.3 Å². The number of carbonyl (C=O) groups is 2. The Bertz CT molecular complexity index is 644. The molecule has 1 atom stereocenters. The summed E-state index contributed by atoms with van der Waals surface area (Å²) in [4.78, 5) is 25.5. The first-order chi connectivity index (χ1) is 10.5. The SMILES string of the molecule is O=C(O)C1CC12CCN(C(=O)c1n[nH]c(C3CC3)c1Br)CC2. The number of H-pyrrole nitrogens is 1. The van der Waals surface area contributed by atoms with Crippen molar-refractivity contribution < 1.29 is 14.7 Å². The van der Waals surface area contributed by atoms with Crippen LogP contribution in [-0.4, -0.2) is 45.2 Å². The molecule has 0 aromatic carbocycles. The number of hydrogen-bond acceptors (Lipinski definition) is 3. The molecule has 3 fully saturated rings. The van der Waals surface area contributed by atoms with E-state index in [1.54, 1.807) is 4.90 Å². The molecule has 6 nitrogen and oxygen atoms in total. The molecule has 1 spiro atoms. The lowest BCUT2D eigenvalue weighted by Gasteiger charge is -2.32. The van der Waals surface area contributed by atoms with Crippen molar-refractivity contribution in [2.24, 2.45) is 11.3 Å². The van der Waals surface area contributed by atoms with Crippen LogP contribution in [-0.2, 0) is 4.79 Å². The van der Waals surface area contributed by atoms with E-state index in [-0.39, 0.29) is 17.2 Å². The van der Waals surface area contributed by atoms with E-state index in [2.05, 4.69) is 26.1 Å². The summed E-state index contributed by atoms with van der Waals surface area (Å²) >= 11 is 3.50. The number of carbonyl (C=O) groups excluding carboxylic acids is 1. The number of carboxylic acids is 1. The standard InChI is InChI=1S/C15H18BrN3O3/c16-10-11(8-1-2-8)17-18-12(10)13(20)19-5-3-15(4-6-19)7-9(15)14(21)22/h8-9H,1-7H2,(H,17,18)(H,21,22). The van der Waals surface area contributed by atoms with Crippen LogP contribution in [0.25, 0.3) is 0 Å². The van der Waals surface area contributed by atoms with E-state index < -0.39 is 5.97 Å². The molecule has 1 amide bonds. The minimum absolute atomic E-state index is 0.0510. The highest BCUT2D eigenvalue weighted by Gasteiger charge is 2.59. The molecule has 1 aliphatic heterocycles. The fourth-order valence-electron chi connectivity index (χ4n) is 3.68. The van der Waals surface area contributed by atoms with E-state index >= 15 is 0 Å². The Morgan fingerprint density at radius 2 is 2.00 bits per heavy atom. The summed E-state index contributed by atoms with van der Waals surface area (Å²) in [5.74, 6) is -0.444. The van der Waals surface area contributed by atoms with Crippen LogP contribution in [0.3, 0.4) is 0 Å². The number of aromatic nitrogens is 2. The van der Waals surface area contributed by atoms with E-state index in [4.69, 9.17) is 5.11 Å². The molecule has 1 aromatic heterocycles. The van der Waals surface area contributed by atoms with Gasteiger partial charge in [0, 0.05) is 19.0 Å². The molecule has 2 N–H and O–H groups in total. The maximum absolute atomic E-state index is 12.6. The summed E-state index contributed by atoms with van der Waals surface area (Å²) in [6.07, 6.45) is 4.64. The number of aromatic amines is 1. The first-order valence-corrected chi connectivity index (χ1v) is 8.57. The van der Waals surface area contributed by atoms with Crippen LogP contribution < -0.4 is 0 Å². The zero-order valence-electron chi connectivity index (χ0n) is 12.1. The highest BCUT2D eigenvalue weighted by atomic mass is 79.9. The number of rotatable bonds is 3. The Kier molecular flexibility index (Phi) is 3.11. The van der Waals surface area contributed by atoms with Gasteiger partial charge in [0.25, 0.3) is 5.91 Å². The van der Waals surface area contributed by atoms with Crippen molar-refractivity contribution in [1.82, 2.24) is 15.1 Å². The van der Waals surface area contributed by atoms with Crippen molar-refractivity contribution in [1.29, 1.82) is 0 Å². The summed E-state index contributed by atoms with van der Waals surface area (Å²) in [5.41, 5.74) is 1.44. The van der Waals surface area contributed by atoms with Crippen molar-refractivity contribution in [2.75, 3.05) is 13.1 Å². The summed E-state index contributed by atoms with van der Waals surface area (Å²) in [6, 6.07) is 0. The fraction of sp³-hybridized carbons (Fsp3) is 0.667. The molecule has 0 radical (unpaired) electrons. The lowest BCUT2D eigenvalue weighted by molar-refractivity contribution is -0.139. The Morgan fingerprint density at radius 1 is 1.32 bits per heavy atom. The van der Waals surface area contributed by atoms with Crippen LogP contribution in [0.1, 0.15) is 54.2 Å². The third-order valence-corrected chi connectivity index (χ3v) is 6.26. The molecular formula is C15H18BrN3O3. The minimum Gasteiger partial charge on any atom is -0.481 e. The van der Waals surface area contributed by atoms with Crippen molar-refractivity contribution >= 4 is 27.8 Å². The minimum atomic E-state index is -0.691. The number of likely N-dealkylation sites (tertiary alicyclic amines) is 1. The Hall–Kier alpha value is -1.37. The van der Waals surface area contributed by atoms with Gasteiger partial charge in [-0.3, -0.25) is 14.7 Å². The molecule has 7 heteroatoms. The van der Waals surface area contributed by atoms with Gasteiger partial charge in [-0.05, 0) is 53.4 Å². The Balaban J connectivity index is 1.43. The average molecular weight is 368 g/mol. The number of aliphatic carboxylic acids is 1. The molecule has 2 heterocycles. The maximum Gasteiger partial charge on any atom is 0.307 e. The molecule has 2 aliphatic carbocycles. The Labute approximate surface area is 136 Å². The summed E-state index contributed by atoms with van der Waals surface area (Å²) in [5, 5.41) is 16.3.